The molecule has 1 amide bonds. The molecule has 0 saturated carbocycles. The lowest BCUT2D eigenvalue weighted by molar-refractivity contribution is -0.137. The van der Waals surface area contributed by atoms with Crippen molar-refractivity contribution in [2.45, 2.75) is 11.8 Å². The number of carbonyl (C=O) groups is 1. The smallest absolute Gasteiger partial charge is 0.372 e. The molecular weight excluding hydrogens is 319 g/mol. The van der Waals surface area contributed by atoms with Gasteiger partial charge in [0.15, 0.2) is 5.60 Å². The molecular formula is C15H11ClF3NO2. The SMILES string of the molecule is NC(=O)C(O)(c1ccccc1)c1ccc(C(F)(F)F)cc1Cl. The van der Waals surface area contributed by atoms with Gasteiger partial charge in [0.1, 0.15) is 0 Å². The number of rotatable bonds is 3. The molecule has 0 spiro atoms. The Morgan fingerprint density at radius 2 is 1.64 bits per heavy atom. The van der Waals surface area contributed by atoms with Crippen LogP contribution in [0, 0.1) is 0 Å². The molecule has 2 aromatic carbocycles. The molecule has 1 unspecified atom stereocenters. The summed E-state index contributed by atoms with van der Waals surface area (Å²) in [4.78, 5) is 11.7. The molecule has 0 aromatic heterocycles. The summed E-state index contributed by atoms with van der Waals surface area (Å²) in [7, 11) is 0. The summed E-state index contributed by atoms with van der Waals surface area (Å²) in [5.74, 6) is -1.14. The zero-order valence-electron chi connectivity index (χ0n) is 11.1. The van der Waals surface area contributed by atoms with Gasteiger partial charge in [-0.2, -0.15) is 13.2 Å². The van der Waals surface area contributed by atoms with Crippen LogP contribution in [0.5, 0.6) is 0 Å². The molecule has 0 bridgehead atoms. The first kappa shape index (κ1) is 16.3. The quantitative estimate of drug-likeness (QED) is 0.909. The lowest BCUT2D eigenvalue weighted by Crippen LogP contribution is -2.42. The Bertz CT molecular complexity index is 704. The molecule has 2 aromatic rings. The van der Waals surface area contributed by atoms with Gasteiger partial charge in [0.25, 0.3) is 5.91 Å². The summed E-state index contributed by atoms with van der Waals surface area (Å²) in [5, 5.41) is 10.3. The van der Waals surface area contributed by atoms with Crippen molar-refractivity contribution in [1.82, 2.24) is 0 Å². The molecule has 1 atom stereocenters. The fourth-order valence-electron chi connectivity index (χ4n) is 2.09. The van der Waals surface area contributed by atoms with Crippen LogP contribution in [0.1, 0.15) is 16.7 Å². The summed E-state index contributed by atoms with van der Waals surface area (Å²) in [5.41, 5.74) is 1.86. The second-order valence-corrected chi connectivity index (χ2v) is 5.04. The molecule has 0 heterocycles. The van der Waals surface area contributed by atoms with Gasteiger partial charge < -0.3 is 10.8 Å². The Morgan fingerprint density at radius 3 is 2.09 bits per heavy atom. The van der Waals surface area contributed by atoms with Crippen molar-refractivity contribution in [1.29, 1.82) is 0 Å². The van der Waals surface area contributed by atoms with E-state index in [4.69, 9.17) is 17.3 Å². The highest BCUT2D eigenvalue weighted by Crippen LogP contribution is 2.38. The second-order valence-electron chi connectivity index (χ2n) is 4.63. The van der Waals surface area contributed by atoms with E-state index in [0.29, 0.717) is 6.07 Å². The third-order valence-corrected chi connectivity index (χ3v) is 3.55. The summed E-state index contributed by atoms with van der Waals surface area (Å²) in [6.07, 6.45) is -4.58. The number of nitrogens with two attached hydrogens (primary N) is 1. The van der Waals surface area contributed by atoms with Crippen molar-refractivity contribution in [3.8, 4) is 0 Å². The number of amides is 1. The van der Waals surface area contributed by atoms with Gasteiger partial charge in [0.05, 0.1) is 5.56 Å². The number of hydrogen-bond acceptors (Lipinski definition) is 2. The van der Waals surface area contributed by atoms with E-state index < -0.39 is 28.3 Å². The van der Waals surface area contributed by atoms with Crippen LogP contribution in [0.25, 0.3) is 0 Å². The van der Waals surface area contributed by atoms with E-state index in [1.165, 1.54) is 12.1 Å². The maximum absolute atomic E-state index is 12.7. The molecule has 3 N–H and O–H groups in total. The summed E-state index contributed by atoms with van der Waals surface area (Å²) in [6, 6.07) is 9.95. The van der Waals surface area contributed by atoms with Crippen molar-refractivity contribution in [3.05, 3.63) is 70.2 Å². The van der Waals surface area contributed by atoms with E-state index in [-0.39, 0.29) is 11.1 Å². The summed E-state index contributed by atoms with van der Waals surface area (Å²) in [6.45, 7) is 0. The Morgan fingerprint density at radius 1 is 1.05 bits per heavy atom. The van der Waals surface area contributed by atoms with Crippen LogP contribution >= 0.6 is 11.6 Å². The van der Waals surface area contributed by atoms with Crippen molar-refractivity contribution in [3.63, 3.8) is 0 Å². The van der Waals surface area contributed by atoms with E-state index >= 15 is 0 Å². The van der Waals surface area contributed by atoms with E-state index in [1.807, 2.05) is 0 Å². The molecule has 0 aliphatic carbocycles. The molecule has 22 heavy (non-hydrogen) atoms. The first-order chi connectivity index (χ1) is 10.2. The molecule has 3 nitrogen and oxygen atoms in total. The molecule has 0 aliphatic rings. The second kappa shape index (κ2) is 5.62. The Hall–Kier alpha value is -2.05. The van der Waals surface area contributed by atoms with E-state index in [9.17, 15) is 23.1 Å². The van der Waals surface area contributed by atoms with Crippen molar-refractivity contribution in [2.24, 2.45) is 5.73 Å². The average molecular weight is 330 g/mol. The zero-order chi connectivity index (χ0) is 16.5. The van der Waals surface area contributed by atoms with Gasteiger partial charge in [0.2, 0.25) is 0 Å². The van der Waals surface area contributed by atoms with E-state index in [1.54, 1.807) is 18.2 Å². The van der Waals surface area contributed by atoms with Gasteiger partial charge in [-0.05, 0) is 17.7 Å². The number of primary amides is 1. The zero-order valence-corrected chi connectivity index (χ0v) is 11.8. The summed E-state index contributed by atoms with van der Waals surface area (Å²) >= 11 is 5.85. The van der Waals surface area contributed by atoms with Gasteiger partial charge in [-0.15, -0.1) is 0 Å². The monoisotopic (exact) mass is 329 g/mol. The van der Waals surface area contributed by atoms with Crippen molar-refractivity contribution < 1.29 is 23.1 Å². The fraction of sp³-hybridized carbons (Fsp3) is 0.133. The van der Waals surface area contributed by atoms with Gasteiger partial charge >= 0.3 is 6.18 Å². The standard InChI is InChI=1S/C15H11ClF3NO2/c16-12-8-10(15(17,18)19)6-7-11(12)14(22,13(20)21)9-4-2-1-3-5-9/h1-8,22H,(H2,20,21). The predicted octanol–water partition coefficient (Wildman–Crippen LogP) is 3.08. The number of carbonyl (C=O) groups excluding carboxylic acids is 1. The third-order valence-electron chi connectivity index (χ3n) is 3.23. The van der Waals surface area contributed by atoms with Crippen LogP contribution in [0.2, 0.25) is 5.02 Å². The van der Waals surface area contributed by atoms with Gasteiger partial charge in [0, 0.05) is 10.6 Å². The molecule has 0 radical (unpaired) electrons. The highest BCUT2D eigenvalue weighted by Gasteiger charge is 2.41. The van der Waals surface area contributed by atoms with Crippen LogP contribution in [0.15, 0.2) is 48.5 Å². The molecule has 0 aliphatic heterocycles. The Balaban J connectivity index is 2.63. The number of halogens is 4. The van der Waals surface area contributed by atoms with Gasteiger partial charge in [-0.3, -0.25) is 4.79 Å². The molecule has 116 valence electrons. The normalized spacial score (nSPS) is 14.4. The fourth-order valence-corrected chi connectivity index (χ4v) is 2.41. The Labute approximate surface area is 129 Å². The Kier molecular flexibility index (Phi) is 4.17. The molecule has 0 saturated heterocycles. The number of aliphatic hydroxyl groups is 1. The maximum atomic E-state index is 12.7. The lowest BCUT2D eigenvalue weighted by atomic mass is 9.85. The topological polar surface area (TPSA) is 63.3 Å². The van der Waals surface area contributed by atoms with E-state index in [2.05, 4.69) is 0 Å². The minimum Gasteiger partial charge on any atom is -0.372 e. The van der Waals surface area contributed by atoms with Crippen LogP contribution in [0.4, 0.5) is 13.2 Å². The molecule has 2 rings (SSSR count). The maximum Gasteiger partial charge on any atom is 0.416 e. The van der Waals surface area contributed by atoms with Crippen LogP contribution in [-0.4, -0.2) is 11.0 Å². The number of hydrogen-bond donors (Lipinski definition) is 2. The number of benzene rings is 2. The van der Waals surface area contributed by atoms with Crippen LogP contribution in [-0.2, 0) is 16.6 Å². The first-order valence-electron chi connectivity index (χ1n) is 6.12. The first-order valence-corrected chi connectivity index (χ1v) is 6.50. The molecule has 0 fully saturated rings. The van der Waals surface area contributed by atoms with Crippen LogP contribution < -0.4 is 5.73 Å². The summed E-state index contributed by atoms with van der Waals surface area (Å²) < 4.78 is 38.0. The largest absolute Gasteiger partial charge is 0.416 e. The van der Waals surface area contributed by atoms with E-state index in [0.717, 1.165) is 12.1 Å². The molecule has 7 heteroatoms. The number of alkyl halides is 3. The van der Waals surface area contributed by atoms with Crippen molar-refractivity contribution in [2.75, 3.05) is 0 Å². The van der Waals surface area contributed by atoms with Gasteiger partial charge in [-0.25, -0.2) is 0 Å². The van der Waals surface area contributed by atoms with Crippen LogP contribution in [0.3, 0.4) is 0 Å². The highest BCUT2D eigenvalue weighted by atomic mass is 35.5. The van der Waals surface area contributed by atoms with Crippen molar-refractivity contribution >= 4 is 17.5 Å². The minimum absolute atomic E-state index is 0.115. The lowest BCUT2D eigenvalue weighted by Gasteiger charge is -2.27. The average Bonchev–Trinajstić information content (AvgIpc) is 2.46. The third kappa shape index (κ3) is 2.80. The minimum atomic E-state index is -4.58. The highest BCUT2D eigenvalue weighted by molar-refractivity contribution is 6.32. The van der Waals surface area contributed by atoms with Gasteiger partial charge in [-0.1, -0.05) is 48.0 Å². The predicted molar refractivity (Wildman–Crippen MR) is 75.1 cm³/mol.